The van der Waals surface area contributed by atoms with Crippen molar-refractivity contribution in [3.05, 3.63) is 36.2 Å². The largest absolute Gasteiger partial charge is 0.367 e. The van der Waals surface area contributed by atoms with Crippen LogP contribution in [-0.2, 0) is 7.05 Å². The van der Waals surface area contributed by atoms with Crippen LogP contribution in [0.5, 0.6) is 0 Å². The second-order valence-electron chi connectivity index (χ2n) is 7.13. The number of rotatable bonds is 6. The lowest BCUT2D eigenvalue weighted by molar-refractivity contribution is 0.102. The van der Waals surface area contributed by atoms with Crippen LogP contribution in [0.15, 0.2) is 30.6 Å². The Hall–Kier alpha value is -3.26. The van der Waals surface area contributed by atoms with Crippen molar-refractivity contribution >= 4 is 33.7 Å². The zero-order valence-electron chi connectivity index (χ0n) is 16.4. The van der Waals surface area contributed by atoms with Gasteiger partial charge in [0.1, 0.15) is 5.52 Å². The van der Waals surface area contributed by atoms with Crippen LogP contribution in [0.2, 0.25) is 0 Å². The van der Waals surface area contributed by atoms with Gasteiger partial charge >= 0.3 is 0 Å². The van der Waals surface area contributed by atoms with Crippen LogP contribution in [0.3, 0.4) is 0 Å². The van der Waals surface area contributed by atoms with Gasteiger partial charge in [0, 0.05) is 31.0 Å². The number of ketones is 1. The van der Waals surface area contributed by atoms with Gasteiger partial charge in [0.25, 0.3) is 0 Å². The van der Waals surface area contributed by atoms with Crippen LogP contribution in [0.25, 0.3) is 33.6 Å². The number of aryl methyl sites for hydroxylation is 1. The fourth-order valence-corrected chi connectivity index (χ4v) is 3.32. The molecule has 28 heavy (non-hydrogen) atoms. The molecule has 0 atom stereocenters. The van der Waals surface area contributed by atoms with Gasteiger partial charge in [-0.05, 0) is 27.1 Å². The van der Waals surface area contributed by atoms with Gasteiger partial charge in [-0.3, -0.25) is 4.79 Å². The van der Waals surface area contributed by atoms with Crippen molar-refractivity contribution in [2.45, 2.75) is 6.92 Å². The molecule has 0 fully saturated rings. The first kappa shape index (κ1) is 18.1. The summed E-state index contributed by atoms with van der Waals surface area (Å²) in [6.45, 7) is 3.15. The Kier molecular flexibility index (Phi) is 4.56. The average molecular weight is 377 g/mol. The highest BCUT2D eigenvalue weighted by atomic mass is 16.1. The summed E-state index contributed by atoms with van der Waals surface area (Å²) in [6.07, 6.45) is 1.72. The van der Waals surface area contributed by atoms with Crippen molar-refractivity contribution in [3.63, 3.8) is 0 Å². The Morgan fingerprint density at radius 2 is 2.04 bits per heavy atom. The van der Waals surface area contributed by atoms with Crippen molar-refractivity contribution < 1.29 is 4.79 Å². The van der Waals surface area contributed by atoms with Crippen molar-refractivity contribution in [1.29, 1.82) is 0 Å². The highest BCUT2D eigenvalue weighted by Crippen LogP contribution is 2.31. The van der Waals surface area contributed by atoms with Crippen LogP contribution in [-0.4, -0.2) is 62.4 Å². The number of aromatic amines is 1. The van der Waals surface area contributed by atoms with E-state index in [9.17, 15) is 4.79 Å². The molecular weight excluding hydrogens is 354 g/mol. The number of nitrogens with one attached hydrogen (secondary N) is 2. The third-order valence-corrected chi connectivity index (χ3v) is 4.69. The monoisotopic (exact) mass is 377 g/mol. The molecule has 2 N–H and O–H groups in total. The number of H-pyrrole nitrogens is 1. The number of hydrogen-bond donors (Lipinski definition) is 2. The summed E-state index contributed by atoms with van der Waals surface area (Å²) in [6, 6.07) is 7.74. The first-order valence-electron chi connectivity index (χ1n) is 9.15. The van der Waals surface area contributed by atoms with E-state index >= 15 is 0 Å². The quantitative estimate of drug-likeness (QED) is 0.502. The number of Topliss-reactive ketones (excluding diaryl/α,β-unsaturated/α-hetero) is 1. The van der Waals surface area contributed by atoms with E-state index < -0.39 is 0 Å². The number of carbonyl (C=O) groups is 1. The molecule has 8 heteroatoms. The smallest absolute Gasteiger partial charge is 0.181 e. The molecule has 0 amide bonds. The molecule has 0 radical (unpaired) electrons. The number of likely N-dealkylation sites (N-methyl/N-ethyl adjacent to an activating group) is 1. The SMILES string of the molecule is CC(=O)c1c(-c2nc(NCCN(C)C)c3ncn(C)c3n2)[nH]c2ccccc12. The predicted molar refractivity (Wildman–Crippen MR) is 111 cm³/mol. The lowest BCUT2D eigenvalue weighted by atomic mass is 10.1. The summed E-state index contributed by atoms with van der Waals surface area (Å²) < 4.78 is 1.85. The van der Waals surface area contributed by atoms with E-state index in [1.807, 2.05) is 50.0 Å². The third kappa shape index (κ3) is 3.11. The normalized spacial score (nSPS) is 11.6. The summed E-state index contributed by atoms with van der Waals surface area (Å²) in [5, 5.41) is 4.23. The lowest BCUT2D eigenvalue weighted by Crippen LogP contribution is -2.21. The molecule has 0 saturated heterocycles. The zero-order valence-corrected chi connectivity index (χ0v) is 16.4. The van der Waals surface area contributed by atoms with Gasteiger partial charge in [0.2, 0.25) is 0 Å². The number of hydrogen-bond acceptors (Lipinski definition) is 6. The van der Waals surface area contributed by atoms with Crippen LogP contribution in [0.4, 0.5) is 5.82 Å². The van der Waals surface area contributed by atoms with E-state index in [-0.39, 0.29) is 5.78 Å². The highest BCUT2D eigenvalue weighted by Gasteiger charge is 2.21. The van der Waals surface area contributed by atoms with Gasteiger partial charge in [-0.1, -0.05) is 18.2 Å². The molecule has 3 aromatic heterocycles. The number of anilines is 1. The molecule has 144 valence electrons. The molecule has 4 rings (SSSR count). The van der Waals surface area contributed by atoms with Crippen molar-refractivity contribution in [2.24, 2.45) is 7.05 Å². The fourth-order valence-electron chi connectivity index (χ4n) is 3.32. The molecule has 3 heterocycles. The minimum atomic E-state index is -0.0247. The lowest BCUT2D eigenvalue weighted by Gasteiger charge is -2.12. The molecule has 0 aliphatic rings. The van der Waals surface area contributed by atoms with Gasteiger partial charge < -0.3 is 19.8 Å². The fraction of sp³-hybridized carbons (Fsp3) is 0.300. The maximum atomic E-state index is 12.4. The first-order chi connectivity index (χ1) is 13.5. The van der Waals surface area contributed by atoms with E-state index in [1.54, 1.807) is 13.3 Å². The van der Waals surface area contributed by atoms with E-state index in [0.29, 0.717) is 34.1 Å². The Labute approximate surface area is 162 Å². The Morgan fingerprint density at radius 1 is 1.25 bits per heavy atom. The Morgan fingerprint density at radius 3 is 2.79 bits per heavy atom. The molecule has 0 saturated carbocycles. The van der Waals surface area contributed by atoms with Gasteiger partial charge in [-0.2, -0.15) is 0 Å². The van der Waals surface area contributed by atoms with Crippen LogP contribution < -0.4 is 5.32 Å². The van der Waals surface area contributed by atoms with Crippen molar-refractivity contribution in [1.82, 2.24) is 29.4 Å². The number of para-hydroxylation sites is 1. The molecular formula is C20H23N7O. The molecule has 0 aliphatic carbocycles. The number of carbonyl (C=O) groups excluding carboxylic acids is 1. The minimum absolute atomic E-state index is 0.0247. The molecule has 1 aromatic carbocycles. The molecule has 0 unspecified atom stereocenters. The van der Waals surface area contributed by atoms with E-state index in [1.165, 1.54) is 0 Å². The van der Waals surface area contributed by atoms with Crippen molar-refractivity contribution in [3.8, 4) is 11.5 Å². The van der Waals surface area contributed by atoms with E-state index in [2.05, 4.69) is 20.2 Å². The molecule has 8 nitrogen and oxygen atoms in total. The maximum Gasteiger partial charge on any atom is 0.181 e. The standard InChI is InChI=1S/C20H23N7O/c1-12(28)15-13-7-5-6-8-14(13)23-16(15)19-24-18(21-9-10-26(2)3)17-20(25-19)27(4)11-22-17/h5-8,11,23H,9-10H2,1-4H3,(H,21,24,25). The third-order valence-electron chi connectivity index (χ3n) is 4.69. The number of nitrogens with zero attached hydrogens (tertiary/aromatic N) is 5. The average Bonchev–Trinajstić information content (AvgIpc) is 3.22. The summed E-state index contributed by atoms with van der Waals surface area (Å²) >= 11 is 0. The van der Waals surface area contributed by atoms with E-state index in [0.717, 1.165) is 24.0 Å². The number of imidazole rings is 1. The predicted octanol–water partition coefficient (Wildman–Crippen LogP) is 2.69. The molecule has 0 spiro atoms. The van der Waals surface area contributed by atoms with Crippen LogP contribution in [0, 0.1) is 0 Å². The number of benzene rings is 1. The Bertz CT molecular complexity index is 1170. The number of fused-ring (bicyclic) bond motifs is 2. The minimum Gasteiger partial charge on any atom is -0.367 e. The van der Waals surface area contributed by atoms with Gasteiger partial charge in [0.15, 0.2) is 23.1 Å². The van der Waals surface area contributed by atoms with Crippen molar-refractivity contribution in [2.75, 3.05) is 32.5 Å². The van der Waals surface area contributed by atoms with E-state index in [4.69, 9.17) is 9.97 Å². The topological polar surface area (TPSA) is 91.7 Å². The second-order valence-corrected chi connectivity index (χ2v) is 7.13. The summed E-state index contributed by atoms with van der Waals surface area (Å²) in [4.78, 5) is 31.7. The molecule has 0 aliphatic heterocycles. The van der Waals surface area contributed by atoms with Gasteiger partial charge in [-0.15, -0.1) is 0 Å². The molecule has 0 bridgehead atoms. The maximum absolute atomic E-state index is 12.4. The summed E-state index contributed by atoms with van der Waals surface area (Å²) in [5.74, 6) is 1.11. The zero-order chi connectivity index (χ0) is 19.8. The first-order valence-corrected chi connectivity index (χ1v) is 9.15. The van der Waals surface area contributed by atoms with Crippen LogP contribution in [0.1, 0.15) is 17.3 Å². The molecule has 4 aromatic rings. The summed E-state index contributed by atoms with van der Waals surface area (Å²) in [7, 11) is 5.94. The van der Waals surface area contributed by atoms with Gasteiger partial charge in [0.05, 0.1) is 17.6 Å². The van der Waals surface area contributed by atoms with Crippen LogP contribution >= 0.6 is 0 Å². The Balaban J connectivity index is 1.89. The summed E-state index contributed by atoms with van der Waals surface area (Å²) in [5.41, 5.74) is 3.55. The van der Waals surface area contributed by atoms with Gasteiger partial charge in [-0.25, -0.2) is 15.0 Å². The second kappa shape index (κ2) is 7.05. The highest BCUT2D eigenvalue weighted by molar-refractivity contribution is 6.12. The number of aromatic nitrogens is 5.